The lowest BCUT2D eigenvalue weighted by Gasteiger charge is -2.27. The van der Waals surface area contributed by atoms with Crippen LogP contribution in [0.2, 0.25) is 0 Å². The predicted molar refractivity (Wildman–Crippen MR) is 76.9 cm³/mol. The van der Waals surface area contributed by atoms with Crippen molar-refractivity contribution in [3.63, 3.8) is 0 Å². The summed E-state index contributed by atoms with van der Waals surface area (Å²) in [6.07, 6.45) is -3.42. The number of carbonyl (C=O) groups is 2. The van der Waals surface area contributed by atoms with E-state index in [1.54, 1.807) is 0 Å². The molecule has 1 saturated heterocycles. The predicted octanol–water partition coefficient (Wildman–Crippen LogP) is -1.60. The van der Waals surface area contributed by atoms with Crippen LogP contribution in [0.4, 0.5) is 0 Å². The maximum atomic E-state index is 11.9. The smallest absolute Gasteiger partial charge is 0.330 e. The number of hydrogen-bond acceptors (Lipinski definition) is 7. The average molecular weight is 326 g/mol. The number of nitrogens with one attached hydrogen (secondary N) is 1. The molecule has 23 heavy (non-hydrogen) atoms. The van der Waals surface area contributed by atoms with Crippen molar-refractivity contribution in [2.24, 2.45) is 0 Å². The summed E-state index contributed by atoms with van der Waals surface area (Å²) in [4.78, 5) is 48.6. The van der Waals surface area contributed by atoms with E-state index in [0.29, 0.717) is 0 Å². The van der Waals surface area contributed by atoms with Gasteiger partial charge in [0, 0.05) is 18.2 Å². The minimum atomic E-state index is -2.11. The summed E-state index contributed by atoms with van der Waals surface area (Å²) in [6, 6.07) is 0. The standard InChI is InChI=1S/C14H18N2O7/c1-6-5-16(13(21)15-12(6)20)9-4-14(22,8(3)18)11(23-9)10(19)7(2)17/h5,9-11,19,22H,4H2,1-3H3,(H,15,20,21)/t9-,10+,11-,14-/m1/s1. The Morgan fingerprint density at radius 2 is 2.04 bits per heavy atom. The Balaban J connectivity index is 2.47. The third-order valence-corrected chi connectivity index (χ3v) is 4.03. The SMILES string of the molecule is CC(=O)[C@H](O)[C@H]1O[C@@H](n2cc(C)c(=O)[nH]c2=O)C[C@@]1(O)C(C)=O. The van der Waals surface area contributed by atoms with Gasteiger partial charge in [-0.1, -0.05) is 0 Å². The first-order valence-corrected chi connectivity index (χ1v) is 6.97. The van der Waals surface area contributed by atoms with Crippen LogP contribution in [-0.2, 0) is 14.3 Å². The second-order valence-electron chi connectivity index (χ2n) is 5.73. The average Bonchev–Trinajstić information content (AvgIpc) is 2.81. The Morgan fingerprint density at radius 3 is 2.57 bits per heavy atom. The summed E-state index contributed by atoms with van der Waals surface area (Å²) in [6.45, 7) is 3.67. The van der Waals surface area contributed by atoms with Gasteiger partial charge in [0.25, 0.3) is 5.56 Å². The highest BCUT2D eigenvalue weighted by Crippen LogP contribution is 2.38. The number of ether oxygens (including phenoxy) is 1. The number of aromatic amines is 1. The van der Waals surface area contributed by atoms with Crippen molar-refractivity contribution in [2.75, 3.05) is 0 Å². The van der Waals surface area contributed by atoms with Crippen LogP contribution in [0.25, 0.3) is 0 Å². The van der Waals surface area contributed by atoms with Gasteiger partial charge in [0.2, 0.25) is 0 Å². The van der Waals surface area contributed by atoms with Crippen LogP contribution in [0.3, 0.4) is 0 Å². The second-order valence-corrected chi connectivity index (χ2v) is 5.73. The number of rotatable bonds is 4. The molecule has 1 aromatic heterocycles. The summed E-state index contributed by atoms with van der Waals surface area (Å²) in [5.41, 5.74) is -3.23. The van der Waals surface area contributed by atoms with E-state index in [-0.39, 0.29) is 12.0 Å². The van der Waals surface area contributed by atoms with Crippen LogP contribution >= 0.6 is 0 Å². The lowest BCUT2D eigenvalue weighted by atomic mass is 9.86. The van der Waals surface area contributed by atoms with Crippen LogP contribution in [0.15, 0.2) is 15.8 Å². The molecular formula is C14H18N2O7. The highest BCUT2D eigenvalue weighted by atomic mass is 16.6. The van der Waals surface area contributed by atoms with Gasteiger partial charge in [0.15, 0.2) is 17.2 Å². The van der Waals surface area contributed by atoms with Crippen LogP contribution in [0, 0.1) is 6.92 Å². The first-order valence-electron chi connectivity index (χ1n) is 6.97. The van der Waals surface area contributed by atoms with E-state index in [0.717, 1.165) is 18.4 Å². The molecule has 0 aromatic carbocycles. The molecule has 1 fully saturated rings. The van der Waals surface area contributed by atoms with Gasteiger partial charge in [-0.3, -0.25) is 23.9 Å². The van der Waals surface area contributed by atoms with Crippen molar-refractivity contribution in [3.05, 3.63) is 32.6 Å². The van der Waals surface area contributed by atoms with E-state index in [1.165, 1.54) is 13.1 Å². The number of nitrogens with zero attached hydrogens (tertiary/aromatic N) is 1. The molecule has 0 amide bonds. The normalized spacial score (nSPS) is 28.6. The number of carbonyl (C=O) groups excluding carboxylic acids is 2. The monoisotopic (exact) mass is 326 g/mol. The lowest BCUT2D eigenvalue weighted by Crippen LogP contribution is -2.52. The van der Waals surface area contributed by atoms with Gasteiger partial charge in [-0.25, -0.2) is 4.79 Å². The molecule has 4 atom stereocenters. The molecule has 1 aliphatic heterocycles. The van der Waals surface area contributed by atoms with Crippen LogP contribution < -0.4 is 11.2 Å². The second kappa shape index (κ2) is 5.84. The summed E-state index contributed by atoms with van der Waals surface area (Å²) >= 11 is 0. The first kappa shape index (κ1) is 17.3. The van der Waals surface area contributed by atoms with Crippen LogP contribution in [0.1, 0.15) is 32.1 Å². The molecule has 0 spiro atoms. The van der Waals surface area contributed by atoms with E-state index in [9.17, 15) is 29.4 Å². The Hall–Kier alpha value is -2.10. The van der Waals surface area contributed by atoms with E-state index in [2.05, 4.69) is 4.98 Å². The maximum Gasteiger partial charge on any atom is 0.330 e. The van der Waals surface area contributed by atoms with Gasteiger partial charge >= 0.3 is 5.69 Å². The molecule has 3 N–H and O–H groups in total. The minimum absolute atomic E-state index is 0.232. The zero-order valence-corrected chi connectivity index (χ0v) is 12.9. The molecule has 0 radical (unpaired) electrons. The maximum absolute atomic E-state index is 11.9. The molecular weight excluding hydrogens is 308 g/mol. The van der Waals surface area contributed by atoms with Gasteiger partial charge in [0.1, 0.15) is 18.4 Å². The third kappa shape index (κ3) is 2.90. The van der Waals surface area contributed by atoms with Gasteiger partial charge in [-0.15, -0.1) is 0 Å². The Bertz CT molecular complexity index is 765. The van der Waals surface area contributed by atoms with Crippen molar-refractivity contribution in [1.29, 1.82) is 0 Å². The fraction of sp³-hybridized carbons (Fsp3) is 0.571. The third-order valence-electron chi connectivity index (χ3n) is 4.03. The molecule has 0 aliphatic carbocycles. The molecule has 126 valence electrons. The zero-order chi connectivity index (χ0) is 17.5. The summed E-state index contributed by atoms with van der Waals surface area (Å²) in [7, 11) is 0. The Labute approximate surface area is 130 Å². The number of Topliss-reactive ketones (excluding diaryl/α,β-unsaturated/α-hetero) is 2. The van der Waals surface area contributed by atoms with Crippen molar-refractivity contribution < 1.29 is 24.5 Å². The minimum Gasteiger partial charge on any atom is -0.382 e. The summed E-state index contributed by atoms with van der Waals surface area (Å²) in [5, 5.41) is 20.4. The molecule has 2 heterocycles. The topological polar surface area (TPSA) is 139 Å². The van der Waals surface area contributed by atoms with Crippen molar-refractivity contribution in [3.8, 4) is 0 Å². The van der Waals surface area contributed by atoms with Gasteiger partial charge in [-0.2, -0.15) is 0 Å². The lowest BCUT2D eigenvalue weighted by molar-refractivity contribution is -0.158. The molecule has 0 unspecified atom stereocenters. The van der Waals surface area contributed by atoms with Crippen LogP contribution in [0.5, 0.6) is 0 Å². The Kier molecular flexibility index (Phi) is 4.38. The number of aromatic nitrogens is 2. The number of ketones is 2. The molecule has 2 rings (SSSR count). The number of aliphatic hydroxyl groups is 2. The van der Waals surface area contributed by atoms with Crippen LogP contribution in [-0.4, -0.2) is 49.1 Å². The number of aryl methyl sites for hydroxylation is 1. The number of hydrogen-bond donors (Lipinski definition) is 3. The quantitative estimate of drug-likeness (QED) is 0.605. The fourth-order valence-electron chi connectivity index (χ4n) is 2.57. The first-order chi connectivity index (χ1) is 10.6. The molecule has 9 heteroatoms. The molecule has 0 saturated carbocycles. The molecule has 1 aliphatic rings. The molecule has 1 aromatic rings. The van der Waals surface area contributed by atoms with Crippen molar-refractivity contribution >= 4 is 11.6 Å². The van der Waals surface area contributed by atoms with Crippen molar-refractivity contribution in [1.82, 2.24) is 9.55 Å². The van der Waals surface area contributed by atoms with Gasteiger partial charge < -0.3 is 14.9 Å². The van der Waals surface area contributed by atoms with E-state index in [4.69, 9.17) is 4.74 Å². The highest BCUT2D eigenvalue weighted by molar-refractivity contribution is 5.88. The number of aliphatic hydroxyl groups excluding tert-OH is 1. The fourth-order valence-corrected chi connectivity index (χ4v) is 2.57. The van der Waals surface area contributed by atoms with E-state index >= 15 is 0 Å². The zero-order valence-electron chi connectivity index (χ0n) is 12.9. The van der Waals surface area contributed by atoms with E-state index in [1.807, 2.05) is 0 Å². The van der Waals surface area contributed by atoms with Crippen molar-refractivity contribution in [2.45, 2.75) is 51.2 Å². The van der Waals surface area contributed by atoms with Gasteiger partial charge in [-0.05, 0) is 20.8 Å². The Morgan fingerprint density at radius 1 is 1.43 bits per heavy atom. The highest BCUT2D eigenvalue weighted by Gasteiger charge is 2.55. The molecule has 9 nitrogen and oxygen atoms in total. The van der Waals surface area contributed by atoms with Gasteiger partial charge in [0.05, 0.1) is 0 Å². The molecule has 0 bridgehead atoms. The summed E-state index contributed by atoms with van der Waals surface area (Å²) < 4.78 is 6.43. The number of H-pyrrole nitrogens is 1. The van der Waals surface area contributed by atoms with E-state index < -0.39 is 46.9 Å². The summed E-state index contributed by atoms with van der Waals surface area (Å²) in [5.74, 6) is -1.38. The largest absolute Gasteiger partial charge is 0.382 e.